The first-order chi connectivity index (χ1) is 10.7. The lowest BCUT2D eigenvalue weighted by molar-refractivity contribution is -0.112. The standard InChI is InChI=1S/C20H17FO/c21-19-11-4-8-16(14-19)13-18-10-5-9-17(20(18)22)12-15-6-2-1-3-7-15/h1-4,6-8,11-14H,5,9-10H2/b17-12+,18-13+. The highest BCUT2D eigenvalue weighted by atomic mass is 19.1. The molecule has 22 heavy (non-hydrogen) atoms. The summed E-state index contributed by atoms with van der Waals surface area (Å²) < 4.78 is 13.3. The Balaban J connectivity index is 1.88. The van der Waals surface area contributed by atoms with E-state index in [-0.39, 0.29) is 11.6 Å². The van der Waals surface area contributed by atoms with Crippen molar-refractivity contribution in [3.8, 4) is 0 Å². The fourth-order valence-electron chi connectivity index (χ4n) is 2.73. The van der Waals surface area contributed by atoms with Crippen molar-refractivity contribution in [2.24, 2.45) is 0 Å². The Morgan fingerprint density at radius 2 is 1.45 bits per heavy atom. The van der Waals surface area contributed by atoms with Crippen LogP contribution < -0.4 is 0 Å². The van der Waals surface area contributed by atoms with Crippen LogP contribution >= 0.6 is 0 Å². The minimum atomic E-state index is -0.280. The predicted molar refractivity (Wildman–Crippen MR) is 87.7 cm³/mol. The number of Topliss-reactive ketones (excluding diaryl/α,β-unsaturated/α-hetero) is 1. The molecule has 0 N–H and O–H groups in total. The van der Waals surface area contributed by atoms with E-state index in [2.05, 4.69) is 0 Å². The van der Waals surface area contributed by atoms with Crippen LogP contribution in [-0.4, -0.2) is 5.78 Å². The Labute approximate surface area is 129 Å². The average molecular weight is 292 g/mol. The second kappa shape index (κ2) is 6.52. The van der Waals surface area contributed by atoms with Gasteiger partial charge in [0.25, 0.3) is 0 Å². The number of ketones is 1. The largest absolute Gasteiger partial charge is 0.289 e. The number of hydrogen-bond acceptors (Lipinski definition) is 1. The van der Waals surface area contributed by atoms with Gasteiger partial charge in [-0.05, 0) is 54.7 Å². The maximum absolute atomic E-state index is 13.3. The summed E-state index contributed by atoms with van der Waals surface area (Å²) in [6, 6.07) is 16.2. The second-order valence-electron chi connectivity index (χ2n) is 5.49. The van der Waals surface area contributed by atoms with Gasteiger partial charge in [0.2, 0.25) is 0 Å². The summed E-state index contributed by atoms with van der Waals surface area (Å²) in [7, 11) is 0. The Bertz CT molecular complexity index is 741. The van der Waals surface area contributed by atoms with Crippen molar-refractivity contribution in [3.05, 3.63) is 82.7 Å². The van der Waals surface area contributed by atoms with E-state index in [0.717, 1.165) is 41.5 Å². The molecule has 1 nitrogen and oxygen atoms in total. The Morgan fingerprint density at radius 3 is 2.14 bits per heavy atom. The fraction of sp³-hybridized carbons (Fsp3) is 0.150. The van der Waals surface area contributed by atoms with Crippen LogP contribution in [0.1, 0.15) is 30.4 Å². The van der Waals surface area contributed by atoms with E-state index in [0.29, 0.717) is 0 Å². The molecule has 1 saturated carbocycles. The maximum atomic E-state index is 13.3. The summed E-state index contributed by atoms with van der Waals surface area (Å²) in [6.07, 6.45) is 6.27. The van der Waals surface area contributed by atoms with Crippen LogP contribution in [-0.2, 0) is 4.79 Å². The number of benzene rings is 2. The Kier molecular flexibility index (Phi) is 4.29. The second-order valence-corrected chi connectivity index (χ2v) is 5.49. The summed E-state index contributed by atoms with van der Waals surface area (Å²) in [5.74, 6) is -0.197. The molecule has 3 rings (SSSR count). The van der Waals surface area contributed by atoms with Crippen LogP contribution in [0.15, 0.2) is 65.7 Å². The molecule has 0 aliphatic heterocycles. The molecule has 2 heteroatoms. The molecule has 0 saturated heterocycles. The smallest absolute Gasteiger partial charge is 0.185 e. The first-order valence-electron chi connectivity index (χ1n) is 7.49. The molecule has 1 aliphatic rings. The topological polar surface area (TPSA) is 17.1 Å². The van der Waals surface area contributed by atoms with Gasteiger partial charge in [-0.3, -0.25) is 4.79 Å². The Hall–Kier alpha value is -2.48. The van der Waals surface area contributed by atoms with Gasteiger partial charge in [-0.1, -0.05) is 42.5 Å². The molecule has 2 aromatic carbocycles. The van der Waals surface area contributed by atoms with Crippen LogP contribution in [0.25, 0.3) is 12.2 Å². The quantitative estimate of drug-likeness (QED) is 0.708. The van der Waals surface area contributed by atoms with E-state index in [1.54, 1.807) is 6.07 Å². The van der Waals surface area contributed by atoms with Crippen molar-refractivity contribution in [1.82, 2.24) is 0 Å². The summed E-state index contributed by atoms with van der Waals surface area (Å²) >= 11 is 0. The highest BCUT2D eigenvalue weighted by Gasteiger charge is 2.20. The molecule has 0 amide bonds. The van der Waals surface area contributed by atoms with E-state index in [1.165, 1.54) is 12.1 Å². The molecule has 0 unspecified atom stereocenters. The van der Waals surface area contributed by atoms with Gasteiger partial charge in [0.15, 0.2) is 5.78 Å². The minimum absolute atomic E-state index is 0.0827. The molecule has 0 radical (unpaired) electrons. The number of carbonyl (C=O) groups is 1. The van der Waals surface area contributed by atoms with Crippen LogP contribution in [0.4, 0.5) is 4.39 Å². The van der Waals surface area contributed by atoms with Gasteiger partial charge in [0, 0.05) is 11.1 Å². The molecule has 2 aromatic rings. The lowest BCUT2D eigenvalue weighted by atomic mass is 9.87. The average Bonchev–Trinajstić information content (AvgIpc) is 2.52. The third-order valence-corrected chi connectivity index (χ3v) is 3.81. The highest BCUT2D eigenvalue weighted by molar-refractivity contribution is 6.13. The van der Waals surface area contributed by atoms with Crippen LogP contribution in [0.5, 0.6) is 0 Å². The summed E-state index contributed by atoms with van der Waals surface area (Å²) in [4.78, 5) is 12.6. The Morgan fingerprint density at radius 1 is 0.818 bits per heavy atom. The molecule has 0 spiro atoms. The molecule has 0 aromatic heterocycles. The molecule has 0 heterocycles. The predicted octanol–water partition coefficient (Wildman–Crippen LogP) is 5.05. The maximum Gasteiger partial charge on any atom is 0.185 e. The van der Waals surface area contributed by atoms with Gasteiger partial charge in [-0.25, -0.2) is 4.39 Å². The van der Waals surface area contributed by atoms with Gasteiger partial charge >= 0.3 is 0 Å². The summed E-state index contributed by atoms with van der Waals surface area (Å²) in [5, 5.41) is 0. The number of halogens is 1. The molecular weight excluding hydrogens is 275 g/mol. The van der Waals surface area contributed by atoms with Crippen LogP contribution in [0, 0.1) is 5.82 Å². The molecule has 1 fully saturated rings. The van der Waals surface area contributed by atoms with E-state index in [1.807, 2.05) is 48.6 Å². The first kappa shape index (κ1) is 14.5. The van der Waals surface area contributed by atoms with Crippen LogP contribution in [0.2, 0.25) is 0 Å². The van der Waals surface area contributed by atoms with Crippen LogP contribution in [0.3, 0.4) is 0 Å². The van der Waals surface area contributed by atoms with Crippen molar-refractivity contribution >= 4 is 17.9 Å². The van der Waals surface area contributed by atoms with E-state index < -0.39 is 0 Å². The highest BCUT2D eigenvalue weighted by Crippen LogP contribution is 2.28. The van der Waals surface area contributed by atoms with E-state index >= 15 is 0 Å². The summed E-state index contributed by atoms with van der Waals surface area (Å²) in [6.45, 7) is 0. The van der Waals surface area contributed by atoms with Crippen molar-refractivity contribution in [2.45, 2.75) is 19.3 Å². The SMILES string of the molecule is O=C1/C(=C/c2ccccc2)CCC/C1=C\c1cccc(F)c1. The number of carbonyl (C=O) groups excluding carboxylic acids is 1. The van der Waals surface area contributed by atoms with Gasteiger partial charge in [-0.2, -0.15) is 0 Å². The van der Waals surface area contributed by atoms with Gasteiger partial charge in [0.05, 0.1) is 0 Å². The van der Waals surface area contributed by atoms with Crippen molar-refractivity contribution in [1.29, 1.82) is 0 Å². The van der Waals surface area contributed by atoms with Gasteiger partial charge in [0.1, 0.15) is 5.82 Å². The van der Waals surface area contributed by atoms with Gasteiger partial charge < -0.3 is 0 Å². The normalized spacial score (nSPS) is 18.9. The zero-order valence-corrected chi connectivity index (χ0v) is 12.3. The third-order valence-electron chi connectivity index (χ3n) is 3.81. The fourth-order valence-corrected chi connectivity index (χ4v) is 2.73. The molecular formula is C20H17FO. The molecule has 0 atom stereocenters. The van der Waals surface area contributed by atoms with Crippen molar-refractivity contribution < 1.29 is 9.18 Å². The zero-order chi connectivity index (χ0) is 15.4. The van der Waals surface area contributed by atoms with Crippen molar-refractivity contribution in [3.63, 3.8) is 0 Å². The lowest BCUT2D eigenvalue weighted by Crippen LogP contribution is -2.12. The van der Waals surface area contributed by atoms with Gasteiger partial charge in [-0.15, -0.1) is 0 Å². The van der Waals surface area contributed by atoms with Crippen molar-refractivity contribution in [2.75, 3.05) is 0 Å². The lowest BCUT2D eigenvalue weighted by Gasteiger charge is -2.16. The first-order valence-corrected chi connectivity index (χ1v) is 7.49. The molecule has 0 bridgehead atoms. The minimum Gasteiger partial charge on any atom is -0.289 e. The van der Waals surface area contributed by atoms with E-state index in [4.69, 9.17) is 0 Å². The molecule has 1 aliphatic carbocycles. The number of hydrogen-bond donors (Lipinski definition) is 0. The number of allylic oxidation sites excluding steroid dienone is 2. The molecule has 110 valence electrons. The monoisotopic (exact) mass is 292 g/mol. The zero-order valence-electron chi connectivity index (χ0n) is 12.3. The third kappa shape index (κ3) is 3.40. The van der Waals surface area contributed by atoms with E-state index in [9.17, 15) is 9.18 Å². The summed E-state index contributed by atoms with van der Waals surface area (Å²) in [5.41, 5.74) is 3.38. The number of rotatable bonds is 2.